The Bertz CT molecular complexity index is 1040. The normalized spacial score (nSPS) is 12.4. The average Bonchev–Trinajstić information content (AvgIpc) is 3.40. The number of hydrogen-bond acceptors (Lipinski definition) is 6. The second kappa shape index (κ2) is 8.04. The summed E-state index contributed by atoms with van der Waals surface area (Å²) in [7, 11) is 2.04. The van der Waals surface area contributed by atoms with Crippen molar-refractivity contribution in [1.82, 2.24) is 29.9 Å². The van der Waals surface area contributed by atoms with E-state index in [9.17, 15) is 0 Å². The van der Waals surface area contributed by atoms with Crippen molar-refractivity contribution in [3.63, 3.8) is 0 Å². The van der Waals surface area contributed by atoms with Gasteiger partial charge in [-0.3, -0.25) is 4.90 Å². The summed E-state index contributed by atoms with van der Waals surface area (Å²) in [4.78, 5) is 6.15. The Balaban J connectivity index is 1.44. The van der Waals surface area contributed by atoms with E-state index >= 15 is 0 Å². The summed E-state index contributed by atoms with van der Waals surface area (Å²) >= 11 is 3.46. The predicted molar refractivity (Wildman–Crippen MR) is 109 cm³/mol. The van der Waals surface area contributed by atoms with Gasteiger partial charge in [-0.2, -0.15) is 5.10 Å². The summed E-state index contributed by atoms with van der Waals surface area (Å²) in [6.07, 6.45) is 3.21. The van der Waals surface area contributed by atoms with Gasteiger partial charge in [0.05, 0.1) is 12.2 Å². The Hall–Kier alpha value is -2.84. The first-order valence-corrected chi connectivity index (χ1v) is 9.63. The van der Waals surface area contributed by atoms with Crippen LogP contribution in [0.4, 0.5) is 0 Å². The van der Waals surface area contributed by atoms with Crippen molar-refractivity contribution in [2.45, 2.75) is 19.5 Å². The zero-order chi connectivity index (χ0) is 19.5. The number of hydrogen-bond donors (Lipinski definition) is 0. The van der Waals surface area contributed by atoms with Crippen molar-refractivity contribution < 1.29 is 4.42 Å². The molecule has 0 aliphatic heterocycles. The van der Waals surface area contributed by atoms with Gasteiger partial charge in [-0.25, -0.2) is 9.67 Å². The molecule has 0 N–H and O–H groups in total. The summed E-state index contributed by atoms with van der Waals surface area (Å²) in [6, 6.07) is 16.3. The minimum absolute atomic E-state index is 0.186. The highest BCUT2D eigenvalue weighted by molar-refractivity contribution is 9.10. The highest BCUT2D eigenvalue weighted by atomic mass is 79.9. The maximum absolute atomic E-state index is 5.85. The van der Waals surface area contributed by atoms with Crippen LogP contribution < -0.4 is 0 Å². The van der Waals surface area contributed by atoms with Crippen LogP contribution >= 0.6 is 15.9 Å². The van der Waals surface area contributed by atoms with Gasteiger partial charge in [0.1, 0.15) is 12.7 Å². The molecule has 2 aromatic heterocycles. The molecule has 0 fully saturated rings. The standard InChI is InChI=1S/C20H19BrN6O/c1-14(15-6-8-18(9-7-15)27-13-22-12-23-27)26(2)11-19-24-25-20(28-19)16-4-3-5-17(21)10-16/h3-10,12-14H,11H2,1-2H3/t14-/m1/s1. The monoisotopic (exact) mass is 438 g/mol. The van der Waals surface area contributed by atoms with Crippen molar-refractivity contribution in [2.24, 2.45) is 0 Å². The van der Waals surface area contributed by atoms with E-state index in [0.717, 1.165) is 15.7 Å². The molecule has 0 radical (unpaired) electrons. The van der Waals surface area contributed by atoms with Gasteiger partial charge in [0.2, 0.25) is 11.8 Å². The molecule has 7 nitrogen and oxygen atoms in total. The van der Waals surface area contributed by atoms with E-state index in [2.05, 4.69) is 60.2 Å². The molecule has 0 unspecified atom stereocenters. The second-order valence-corrected chi connectivity index (χ2v) is 7.45. The maximum Gasteiger partial charge on any atom is 0.247 e. The lowest BCUT2D eigenvalue weighted by atomic mass is 10.1. The van der Waals surface area contributed by atoms with Crippen LogP contribution in [0.1, 0.15) is 24.4 Å². The van der Waals surface area contributed by atoms with E-state index in [1.165, 1.54) is 11.9 Å². The number of halogens is 1. The van der Waals surface area contributed by atoms with Gasteiger partial charge in [-0.05, 0) is 49.9 Å². The first-order valence-electron chi connectivity index (χ1n) is 8.83. The van der Waals surface area contributed by atoms with Crippen molar-refractivity contribution in [1.29, 1.82) is 0 Å². The molecule has 2 aromatic carbocycles. The molecular weight excluding hydrogens is 420 g/mol. The topological polar surface area (TPSA) is 72.9 Å². The Morgan fingerprint density at radius 1 is 1.14 bits per heavy atom. The molecule has 0 aliphatic rings. The van der Waals surface area contributed by atoms with Gasteiger partial charge < -0.3 is 4.42 Å². The zero-order valence-corrected chi connectivity index (χ0v) is 17.1. The van der Waals surface area contributed by atoms with Crippen molar-refractivity contribution in [3.8, 4) is 17.1 Å². The van der Waals surface area contributed by atoms with Crippen LogP contribution in [0.15, 0.2) is 70.1 Å². The minimum Gasteiger partial charge on any atom is -0.419 e. The lowest BCUT2D eigenvalue weighted by Crippen LogP contribution is -2.22. The fraction of sp³-hybridized carbons (Fsp3) is 0.200. The summed E-state index contributed by atoms with van der Waals surface area (Å²) in [5.74, 6) is 1.11. The lowest BCUT2D eigenvalue weighted by Gasteiger charge is -2.23. The van der Waals surface area contributed by atoms with Crippen LogP contribution in [0.2, 0.25) is 0 Å². The molecule has 0 aliphatic carbocycles. The van der Waals surface area contributed by atoms with E-state index in [-0.39, 0.29) is 6.04 Å². The molecular formula is C20H19BrN6O. The number of benzene rings is 2. The van der Waals surface area contributed by atoms with Crippen LogP contribution in [0.25, 0.3) is 17.1 Å². The van der Waals surface area contributed by atoms with E-state index in [1.54, 1.807) is 11.0 Å². The largest absolute Gasteiger partial charge is 0.419 e. The van der Waals surface area contributed by atoms with Crippen molar-refractivity contribution >= 4 is 15.9 Å². The average molecular weight is 439 g/mol. The molecule has 0 saturated carbocycles. The van der Waals surface area contributed by atoms with E-state index in [4.69, 9.17) is 4.42 Å². The minimum atomic E-state index is 0.186. The molecule has 1 atom stereocenters. The third kappa shape index (κ3) is 4.02. The molecule has 0 spiro atoms. The molecule has 2 heterocycles. The number of aromatic nitrogens is 5. The number of rotatable bonds is 6. The molecule has 4 aromatic rings. The Morgan fingerprint density at radius 2 is 1.96 bits per heavy atom. The summed E-state index contributed by atoms with van der Waals surface area (Å²) in [6.45, 7) is 2.71. The molecule has 4 rings (SSSR count). The lowest BCUT2D eigenvalue weighted by molar-refractivity contribution is 0.228. The van der Waals surface area contributed by atoms with Gasteiger partial charge in [0.15, 0.2) is 0 Å². The van der Waals surface area contributed by atoms with Crippen LogP contribution in [0.5, 0.6) is 0 Å². The summed E-state index contributed by atoms with van der Waals surface area (Å²) < 4.78 is 8.56. The molecule has 28 heavy (non-hydrogen) atoms. The van der Waals surface area contributed by atoms with Crippen molar-refractivity contribution in [2.75, 3.05) is 7.05 Å². The molecule has 142 valence electrons. The van der Waals surface area contributed by atoms with Crippen molar-refractivity contribution in [3.05, 3.63) is 77.1 Å². The zero-order valence-electron chi connectivity index (χ0n) is 15.5. The Kier molecular flexibility index (Phi) is 5.31. The quantitative estimate of drug-likeness (QED) is 0.447. The molecule has 8 heteroatoms. The first kappa shape index (κ1) is 18.5. The third-order valence-electron chi connectivity index (χ3n) is 4.64. The van der Waals surface area contributed by atoms with Gasteiger partial charge in [0.25, 0.3) is 0 Å². The van der Waals surface area contributed by atoms with E-state index in [1.807, 2.05) is 43.4 Å². The molecule has 0 bridgehead atoms. The van der Waals surface area contributed by atoms with E-state index < -0.39 is 0 Å². The van der Waals surface area contributed by atoms with Gasteiger partial charge in [0, 0.05) is 16.1 Å². The third-order valence-corrected chi connectivity index (χ3v) is 5.14. The summed E-state index contributed by atoms with van der Waals surface area (Å²) in [5.41, 5.74) is 3.07. The molecule has 0 amide bonds. The smallest absolute Gasteiger partial charge is 0.247 e. The fourth-order valence-corrected chi connectivity index (χ4v) is 3.31. The van der Waals surface area contributed by atoms with Crippen LogP contribution in [0.3, 0.4) is 0 Å². The number of nitrogens with zero attached hydrogens (tertiary/aromatic N) is 6. The highest BCUT2D eigenvalue weighted by Crippen LogP contribution is 2.24. The SMILES string of the molecule is C[C@H](c1ccc(-n2cncn2)cc1)N(C)Cc1nnc(-c2cccc(Br)c2)o1. The first-order chi connectivity index (χ1) is 13.6. The Labute approximate surface area is 171 Å². The second-order valence-electron chi connectivity index (χ2n) is 6.53. The summed E-state index contributed by atoms with van der Waals surface area (Å²) in [5, 5.41) is 12.5. The highest BCUT2D eigenvalue weighted by Gasteiger charge is 2.16. The van der Waals surface area contributed by atoms with Crippen LogP contribution in [-0.2, 0) is 6.54 Å². The van der Waals surface area contributed by atoms with Crippen LogP contribution in [0, 0.1) is 0 Å². The van der Waals surface area contributed by atoms with Gasteiger partial charge >= 0.3 is 0 Å². The van der Waals surface area contributed by atoms with Gasteiger partial charge in [-0.15, -0.1) is 10.2 Å². The maximum atomic E-state index is 5.85. The predicted octanol–water partition coefficient (Wildman–Crippen LogP) is 4.27. The van der Waals surface area contributed by atoms with Gasteiger partial charge in [-0.1, -0.05) is 34.1 Å². The Morgan fingerprint density at radius 3 is 2.68 bits per heavy atom. The van der Waals surface area contributed by atoms with E-state index in [0.29, 0.717) is 18.3 Å². The fourth-order valence-electron chi connectivity index (χ4n) is 2.91. The molecule has 0 saturated heterocycles. The van der Waals surface area contributed by atoms with Crippen LogP contribution in [-0.4, -0.2) is 36.9 Å².